The molecule has 1 spiro atoms. The first-order valence-electron chi connectivity index (χ1n) is 22.0. The van der Waals surface area contributed by atoms with E-state index in [0.717, 1.165) is 35.0 Å². The minimum atomic E-state index is -0.572. The van der Waals surface area contributed by atoms with E-state index in [2.05, 4.69) is 224 Å². The van der Waals surface area contributed by atoms with Gasteiger partial charge in [-0.05, 0) is 93.8 Å². The van der Waals surface area contributed by atoms with Gasteiger partial charge in [0.05, 0.1) is 22.1 Å². The predicted molar refractivity (Wildman–Crippen MR) is 256 cm³/mol. The molecule has 3 heteroatoms. The number of para-hydroxylation sites is 4. The van der Waals surface area contributed by atoms with E-state index in [1.165, 1.54) is 83.1 Å². The minimum absolute atomic E-state index is 0.150. The molecule has 296 valence electrons. The van der Waals surface area contributed by atoms with Gasteiger partial charge in [0.1, 0.15) is 11.5 Å². The molecule has 2 unspecified atom stereocenters. The highest BCUT2D eigenvalue weighted by atomic mass is 16.5. The van der Waals surface area contributed by atoms with Gasteiger partial charge in [-0.15, -0.1) is 0 Å². The Labute approximate surface area is 362 Å². The van der Waals surface area contributed by atoms with Gasteiger partial charge in [-0.25, -0.2) is 0 Å². The molecule has 0 N–H and O–H groups in total. The molecule has 2 aliphatic carbocycles. The van der Waals surface area contributed by atoms with Crippen LogP contribution in [0.2, 0.25) is 0 Å². The summed E-state index contributed by atoms with van der Waals surface area (Å²) in [6, 6.07) is 67.3. The van der Waals surface area contributed by atoms with Crippen LogP contribution < -0.4 is 9.64 Å². The van der Waals surface area contributed by atoms with Gasteiger partial charge >= 0.3 is 0 Å². The number of hydrogen-bond acceptors (Lipinski definition) is 2. The Balaban J connectivity index is 1.09. The molecule has 0 amide bonds. The zero-order valence-electron chi connectivity index (χ0n) is 35.1. The second kappa shape index (κ2) is 12.8. The van der Waals surface area contributed by atoms with Crippen molar-refractivity contribution in [1.82, 2.24) is 4.57 Å². The Morgan fingerprint density at radius 2 is 1.21 bits per heavy atom. The molecule has 3 nitrogen and oxygen atoms in total. The highest BCUT2D eigenvalue weighted by Crippen LogP contribution is 2.63. The fourth-order valence-electron chi connectivity index (χ4n) is 11.7. The molecule has 1 aromatic heterocycles. The molecule has 8 aromatic carbocycles. The van der Waals surface area contributed by atoms with Crippen LogP contribution in [0.1, 0.15) is 55.0 Å². The van der Waals surface area contributed by atoms with Gasteiger partial charge in [-0.3, -0.25) is 0 Å². The SMILES string of the molecule is CC1C=CC2=C(C1)C1(c3ccccc3Oc3cc(N(c4ccc5c(c4)C(C)(C)c4ccccc4-5)c4ccccc4-c4ccccc4)ccc31)c1cccc3c4ccccc4n2c13. The number of allylic oxidation sites excluding steroid dienone is 4. The van der Waals surface area contributed by atoms with E-state index >= 15 is 0 Å². The third kappa shape index (κ3) is 4.66. The predicted octanol–water partition coefficient (Wildman–Crippen LogP) is 15.5. The van der Waals surface area contributed by atoms with Gasteiger partial charge < -0.3 is 14.2 Å². The van der Waals surface area contributed by atoms with Crippen molar-refractivity contribution in [3.05, 3.63) is 228 Å². The number of ether oxygens (including phenoxy) is 1. The molecule has 0 bridgehead atoms. The molecule has 0 saturated heterocycles. The van der Waals surface area contributed by atoms with Gasteiger partial charge in [-0.2, -0.15) is 0 Å². The lowest BCUT2D eigenvalue weighted by atomic mass is 9.59. The quantitative estimate of drug-likeness (QED) is 0.176. The second-order valence-corrected chi connectivity index (χ2v) is 18.1. The Morgan fingerprint density at radius 1 is 0.548 bits per heavy atom. The zero-order valence-corrected chi connectivity index (χ0v) is 35.1. The van der Waals surface area contributed by atoms with Crippen LogP contribution in [0.3, 0.4) is 0 Å². The van der Waals surface area contributed by atoms with Crippen LogP contribution in [0.15, 0.2) is 200 Å². The minimum Gasteiger partial charge on any atom is -0.457 e. The number of aromatic nitrogens is 1. The second-order valence-electron chi connectivity index (χ2n) is 18.1. The number of fused-ring (bicyclic) bond motifs is 13. The molecule has 3 heterocycles. The van der Waals surface area contributed by atoms with Crippen molar-refractivity contribution in [2.45, 2.75) is 38.0 Å². The van der Waals surface area contributed by atoms with Crippen molar-refractivity contribution < 1.29 is 4.74 Å². The maximum atomic E-state index is 7.21. The fraction of sp³-hybridized carbons (Fsp3) is 0.119. The molecule has 4 aliphatic rings. The summed E-state index contributed by atoms with van der Waals surface area (Å²) in [6.45, 7) is 7.08. The topological polar surface area (TPSA) is 17.4 Å². The van der Waals surface area contributed by atoms with Crippen molar-refractivity contribution in [3.8, 4) is 33.8 Å². The Bertz CT molecular complexity index is 3420. The van der Waals surface area contributed by atoms with E-state index in [-0.39, 0.29) is 5.41 Å². The van der Waals surface area contributed by atoms with Crippen LogP contribution in [-0.4, -0.2) is 4.57 Å². The van der Waals surface area contributed by atoms with Gasteiger partial charge in [-0.1, -0.05) is 166 Å². The lowest BCUT2D eigenvalue weighted by Gasteiger charge is -2.47. The summed E-state index contributed by atoms with van der Waals surface area (Å²) in [5.74, 6) is 2.17. The maximum Gasteiger partial charge on any atom is 0.134 e. The molecule has 2 aliphatic heterocycles. The van der Waals surface area contributed by atoms with Gasteiger partial charge in [0.15, 0.2) is 0 Å². The van der Waals surface area contributed by atoms with Gasteiger partial charge in [0, 0.05) is 56.0 Å². The van der Waals surface area contributed by atoms with Gasteiger partial charge in [0.25, 0.3) is 0 Å². The highest BCUT2D eigenvalue weighted by molar-refractivity contribution is 6.14. The smallest absolute Gasteiger partial charge is 0.134 e. The molecule has 13 rings (SSSR count). The molecule has 0 radical (unpaired) electrons. The van der Waals surface area contributed by atoms with E-state index in [1.807, 2.05) is 0 Å². The van der Waals surface area contributed by atoms with E-state index in [1.54, 1.807) is 0 Å². The van der Waals surface area contributed by atoms with Crippen molar-refractivity contribution in [2.75, 3.05) is 4.90 Å². The summed E-state index contributed by atoms with van der Waals surface area (Å²) >= 11 is 0. The molecular formula is C59H44N2O. The molecular weight excluding hydrogens is 753 g/mol. The van der Waals surface area contributed by atoms with Crippen molar-refractivity contribution in [3.63, 3.8) is 0 Å². The molecule has 2 atom stereocenters. The Morgan fingerprint density at radius 3 is 2.10 bits per heavy atom. The van der Waals surface area contributed by atoms with Crippen LogP contribution in [-0.2, 0) is 10.8 Å². The monoisotopic (exact) mass is 796 g/mol. The van der Waals surface area contributed by atoms with Crippen LogP contribution >= 0.6 is 0 Å². The van der Waals surface area contributed by atoms with E-state index in [9.17, 15) is 0 Å². The summed E-state index contributed by atoms with van der Waals surface area (Å²) in [4.78, 5) is 2.45. The van der Waals surface area contributed by atoms with Crippen molar-refractivity contribution >= 4 is 44.6 Å². The van der Waals surface area contributed by atoms with Crippen LogP contribution in [0, 0.1) is 5.92 Å². The maximum absolute atomic E-state index is 7.21. The summed E-state index contributed by atoms with van der Waals surface area (Å²) in [5.41, 5.74) is 19.1. The average molecular weight is 797 g/mol. The van der Waals surface area contributed by atoms with E-state index < -0.39 is 5.41 Å². The molecule has 0 fully saturated rings. The van der Waals surface area contributed by atoms with E-state index in [4.69, 9.17) is 4.74 Å². The van der Waals surface area contributed by atoms with E-state index in [0.29, 0.717) is 5.92 Å². The number of hydrogen-bond donors (Lipinski definition) is 0. The van der Waals surface area contributed by atoms with Crippen molar-refractivity contribution in [2.24, 2.45) is 5.92 Å². The first-order chi connectivity index (χ1) is 30.4. The Kier molecular flexibility index (Phi) is 7.32. The largest absolute Gasteiger partial charge is 0.457 e. The average Bonchev–Trinajstić information content (AvgIpc) is 3.77. The molecule has 0 saturated carbocycles. The molecule has 9 aromatic rings. The summed E-state index contributed by atoms with van der Waals surface area (Å²) in [7, 11) is 0. The number of benzene rings is 8. The third-order valence-corrected chi connectivity index (χ3v) is 14.4. The lowest BCUT2D eigenvalue weighted by molar-refractivity contribution is 0.426. The summed E-state index contributed by atoms with van der Waals surface area (Å²) < 4.78 is 9.75. The van der Waals surface area contributed by atoms with Gasteiger partial charge in [0.2, 0.25) is 0 Å². The number of nitrogens with zero attached hydrogens (tertiary/aromatic N) is 2. The number of rotatable bonds is 4. The summed E-state index contributed by atoms with van der Waals surface area (Å²) in [5, 5.41) is 2.56. The number of anilines is 3. The first kappa shape index (κ1) is 35.4. The summed E-state index contributed by atoms with van der Waals surface area (Å²) in [6.07, 6.45) is 5.73. The lowest BCUT2D eigenvalue weighted by Crippen LogP contribution is -2.39. The highest BCUT2D eigenvalue weighted by Gasteiger charge is 2.52. The normalized spacial score (nSPS) is 18.5. The van der Waals surface area contributed by atoms with Crippen molar-refractivity contribution in [1.29, 1.82) is 0 Å². The standard InChI is InChI=1S/C59H44N2O/c1-37-28-33-54-51(34-37)59(49-24-15-21-45-44-20-9-13-26-53(44)61(54)57(45)49)47-23-11-14-27-55(47)62-56-36-40(30-32-48(56)59)60(52-25-12-8-18-41(52)38-16-5-4-6-17-38)39-29-31-43-42-19-7-10-22-46(42)58(2,3)50(43)35-39/h4-33,35-37H,34H2,1-3H3. The molecule has 62 heavy (non-hydrogen) atoms. The first-order valence-corrected chi connectivity index (χ1v) is 22.0. The zero-order chi connectivity index (χ0) is 41.3. The third-order valence-electron chi connectivity index (χ3n) is 14.4. The fourth-order valence-corrected chi connectivity index (χ4v) is 11.7. The van der Waals surface area contributed by atoms with Crippen LogP contribution in [0.5, 0.6) is 11.5 Å². The van der Waals surface area contributed by atoms with Crippen LogP contribution in [0.25, 0.3) is 49.8 Å². The van der Waals surface area contributed by atoms with Crippen LogP contribution in [0.4, 0.5) is 17.1 Å². The Hall–Kier alpha value is -7.36.